The molecule has 0 aliphatic rings. The molecule has 0 unspecified atom stereocenters. The molecule has 0 aromatic carbocycles. The predicted octanol–water partition coefficient (Wildman–Crippen LogP) is 2.32. The van der Waals surface area contributed by atoms with Crippen molar-refractivity contribution in [1.82, 2.24) is 5.48 Å². The Kier molecular flexibility index (Phi) is 5.05. The Hall–Kier alpha value is 0.137. The standard InChI is InChI=1S/C9H23NOSi/c1-8(7-9(2,3)4)10-11-12(5)6/h8,10,12H,7H2,1-6H3/t8-/m0/s1. The van der Waals surface area contributed by atoms with Crippen LogP contribution in [0.3, 0.4) is 0 Å². The number of hydrogen-bond acceptors (Lipinski definition) is 2. The molecular weight excluding hydrogens is 166 g/mol. The lowest BCUT2D eigenvalue weighted by Gasteiger charge is -2.24. The first-order valence-corrected chi connectivity index (χ1v) is 7.50. The van der Waals surface area contributed by atoms with E-state index in [0.717, 1.165) is 6.42 Å². The Morgan fingerprint density at radius 1 is 1.33 bits per heavy atom. The third kappa shape index (κ3) is 8.24. The van der Waals surface area contributed by atoms with Gasteiger partial charge in [0.15, 0.2) is 9.04 Å². The molecule has 1 N–H and O–H groups in total. The smallest absolute Gasteiger partial charge is 0.199 e. The Morgan fingerprint density at radius 3 is 2.17 bits per heavy atom. The molecule has 0 aromatic rings. The van der Waals surface area contributed by atoms with E-state index in [9.17, 15) is 0 Å². The molecule has 0 aliphatic heterocycles. The molecule has 0 saturated heterocycles. The summed E-state index contributed by atoms with van der Waals surface area (Å²) >= 11 is 0. The first kappa shape index (κ1) is 12.1. The molecule has 0 aromatic heterocycles. The number of rotatable bonds is 4. The Bertz CT molecular complexity index is 120. The van der Waals surface area contributed by atoms with Crippen LogP contribution in [0.2, 0.25) is 13.1 Å². The van der Waals surface area contributed by atoms with Crippen molar-refractivity contribution in [1.29, 1.82) is 0 Å². The maximum Gasteiger partial charge on any atom is 0.199 e. The number of nitrogens with one attached hydrogen (secondary N) is 1. The van der Waals surface area contributed by atoms with E-state index in [0.29, 0.717) is 11.5 Å². The molecule has 12 heavy (non-hydrogen) atoms. The van der Waals surface area contributed by atoms with E-state index >= 15 is 0 Å². The van der Waals surface area contributed by atoms with Gasteiger partial charge in [0.2, 0.25) is 0 Å². The van der Waals surface area contributed by atoms with Crippen LogP contribution in [0.1, 0.15) is 34.1 Å². The zero-order valence-electron chi connectivity index (χ0n) is 9.27. The highest BCUT2D eigenvalue weighted by Gasteiger charge is 2.15. The fraction of sp³-hybridized carbons (Fsp3) is 1.00. The van der Waals surface area contributed by atoms with E-state index in [1.54, 1.807) is 0 Å². The van der Waals surface area contributed by atoms with E-state index in [2.05, 4.69) is 46.3 Å². The van der Waals surface area contributed by atoms with Gasteiger partial charge in [-0.15, -0.1) is 0 Å². The predicted molar refractivity (Wildman–Crippen MR) is 56.6 cm³/mol. The van der Waals surface area contributed by atoms with Crippen LogP contribution in [0.4, 0.5) is 0 Å². The second-order valence-corrected chi connectivity index (χ2v) is 7.28. The molecule has 0 rings (SSSR count). The summed E-state index contributed by atoms with van der Waals surface area (Å²) in [5.41, 5.74) is 3.48. The highest BCUT2D eigenvalue weighted by atomic mass is 28.3. The summed E-state index contributed by atoms with van der Waals surface area (Å²) in [5, 5.41) is 0. The molecule has 0 aliphatic carbocycles. The summed E-state index contributed by atoms with van der Waals surface area (Å²) in [5.74, 6) is 0. The lowest BCUT2D eigenvalue weighted by molar-refractivity contribution is 0.137. The van der Waals surface area contributed by atoms with Crippen LogP contribution >= 0.6 is 0 Å². The van der Waals surface area contributed by atoms with Gasteiger partial charge in [0.05, 0.1) is 0 Å². The first-order chi connectivity index (χ1) is 5.31. The lowest BCUT2D eigenvalue weighted by Crippen LogP contribution is -2.33. The molecule has 2 nitrogen and oxygen atoms in total. The minimum absolute atomic E-state index is 0.383. The fourth-order valence-corrected chi connectivity index (χ4v) is 1.72. The third-order valence-corrected chi connectivity index (χ3v) is 2.03. The third-order valence-electron chi connectivity index (χ3n) is 1.42. The largest absolute Gasteiger partial charge is 0.350 e. The Balaban J connectivity index is 3.53. The monoisotopic (exact) mass is 189 g/mol. The number of hydrogen-bond donors (Lipinski definition) is 1. The summed E-state index contributed by atoms with van der Waals surface area (Å²) in [6, 6.07) is 0.458. The van der Waals surface area contributed by atoms with Gasteiger partial charge in [-0.25, -0.2) is 5.48 Å². The fourth-order valence-electron chi connectivity index (χ4n) is 1.21. The normalized spacial score (nSPS) is 15.2. The van der Waals surface area contributed by atoms with Crippen molar-refractivity contribution in [3.8, 4) is 0 Å². The Labute approximate surface area is 78.4 Å². The molecular formula is C9H23NOSi. The van der Waals surface area contributed by atoms with Crippen molar-refractivity contribution in [2.75, 3.05) is 0 Å². The summed E-state index contributed by atoms with van der Waals surface area (Å²) in [7, 11) is -0.906. The number of hydroxylamine groups is 1. The van der Waals surface area contributed by atoms with E-state index in [4.69, 9.17) is 4.53 Å². The molecule has 1 atom stereocenters. The molecule has 0 saturated carbocycles. The molecule has 0 radical (unpaired) electrons. The SMILES string of the molecule is C[C@@H](CC(C)(C)C)NO[SiH](C)C. The Morgan fingerprint density at radius 2 is 1.83 bits per heavy atom. The molecule has 0 amide bonds. The summed E-state index contributed by atoms with van der Waals surface area (Å²) in [6.45, 7) is 13.2. The van der Waals surface area contributed by atoms with Crippen LogP contribution in [-0.4, -0.2) is 15.1 Å². The van der Waals surface area contributed by atoms with Gasteiger partial charge in [-0.3, -0.25) is 0 Å². The van der Waals surface area contributed by atoms with E-state index in [-0.39, 0.29) is 0 Å². The first-order valence-electron chi connectivity index (χ1n) is 4.72. The second-order valence-electron chi connectivity index (χ2n) is 4.95. The quantitative estimate of drug-likeness (QED) is 0.541. The maximum atomic E-state index is 5.44. The molecule has 0 fully saturated rings. The van der Waals surface area contributed by atoms with E-state index in [1.165, 1.54) is 0 Å². The van der Waals surface area contributed by atoms with Gasteiger partial charge in [0.25, 0.3) is 0 Å². The van der Waals surface area contributed by atoms with Gasteiger partial charge in [-0.1, -0.05) is 20.8 Å². The summed E-state index contributed by atoms with van der Waals surface area (Å²) < 4.78 is 5.44. The summed E-state index contributed by atoms with van der Waals surface area (Å²) in [6.07, 6.45) is 1.15. The van der Waals surface area contributed by atoms with Crippen LogP contribution < -0.4 is 5.48 Å². The van der Waals surface area contributed by atoms with Gasteiger partial charge in [-0.05, 0) is 31.9 Å². The maximum absolute atomic E-state index is 5.44. The van der Waals surface area contributed by atoms with Crippen molar-refractivity contribution in [2.24, 2.45) is 5.41 Å². The zero-order chi connectivity index (χ0) is 9.78. The topological polar surface area (TPSA) is 21.3 Å². The highest BCUT2D eigenvalue weighted by molar-refractivity contribution is 6.48. The minimum Gasteiger partial charge on any atom is -0.350 e. The van der Waals surface area contributed by atoms with Gasteiger partial charge in [0.1, 0.15) is 0 Å². The van der Waals surface area contributed by atoms with Gasteiger partial charge < -0.3 is 4.53 Å². The molecule has 0 spiro atoms. The zero-order valence-corrected chi connectivity index (χ0v) is 10.4. The molecule has 0 bridgehead atoms. The van der Waals surface area contributed by atoms with Crippen molar-refractivity contribution < 1.29 is 4.53 Å². The van der Waals surface area contributed by atoms with Gasteiger partial charge in [0, 0.05) is 6.04 Å². The van der Waals surface area contributed by atoms with E-state index in [1.807, 2.05) is 0 Å². The van der Waals surface area contributed by atoms with Crippen molar-refractivity contribution in [3.63, 3.8) is 0 Å². The molecule has 74 valence electrons. The van der Waals surface area contributed by atoms with Crippen LogP contribution in [0.15, 0.2) is 0 Å². The second kappa shape index (κ2) is 4.99. The lowest BCUT2D eigenvalue weighted by atomic mass is 9.89. The average molecular weight is 189 g/mol. The van der Waals surface area contributed by atoms with Crippen molar-refractivity contribution >= 4 is 9.04 Å². The molecule has 0 heterocycles. The minimum atomic E-state index is -0.906. The summed E-state index contributed by atoms with van der Waals surface area (Å²) in [4.78, 5) is 0. The van der Waals surface area contributed by atoms with Crippen molar-refractivity contribution in [2.45, 2.75) is 53.3 Å². The van der Waals surface area contributed by atoms with Crippen LogP contribution in [-0.2, 0) is 4.53 Å². The van der Waals surface area contributed by atoms with E-state index < -0.39 is 9.04 Å². The van der Waals surface area contributed by atoms with Crippen LogP contribution in [0.5, 0.6) is 0 Å². The van der Waals surface area contributed by atoms with Crippen LogP contribution in [0, 0.1) is 5.41 Å². The van der Waals surface area contributed by atoms with Gasteiger partial charge in [-0.2, -0.15) is 0 Å². The average Bonchev–Trinajstić information content (AvgIpc) is 1.79. The van der Waals surface area contributed by atoms with Crippen molar-refractivity contribution in [3.05, 3.63) is 0 Å². The highest BCUT2D eigenvalue weighted by Crippen LogP contribution is 2.20. The van der Waals surface area contributed by atoms with Crippen LogP contribution in [0.25, 0.3) is 0 Å². The van der Waals surface area contributed by atoms with Gasteiger partial charge >= 0.3 is 0 Å². The molecule has 3 heteroatoms.